The van der Waals surface area contributed by atoms with Crippen LogP contribution in [-0.4, -0.2) is 19.8 Å². The summed E-state index contributed by atoms with van der Waals surface area (Å²) in [4.78, 5) is 0. The SMILES string of the molecule is CCOc1ccc(-c2cc3c(c(-c4ccc(OCC)cc4)c2-c2ccc(OCC)cc2)Cc2ccccc2-3)cc1. The molecule has 0 saturated heterocycles. The van der Waals surface area contributed by atoms with Gasteiger partial charge in [-0.05, 0) is 125 Å². The molecule has 1 aliphatic rings. The number of ether oxygens (including phenoxy) is 3. The van der Waals surface area contributed by atoms with E-state index in [1.165, 1.54) is 44.5 Å². The van der Waals surface area contributed by atoms with Crippen molar-refractivity contribution in [3.8, 4) is 61.8 Å². The molecule has 3 heteroatoms. The predicted molar refractivity (Wildman–Crippen MR) is 164 cm³/mol. The Morgan fingerprint density at radius 3 is 1.48 bits per heavy atom. The van der Waals surface area contributed by atoms with E-state index in [9.17, 15) is 0 Å². The normalized spacial score (nSPS) is 11.6. The minimum atomic E-state index is 0.644. The first kappa shape index (κ1) is 25.8. The van der Waals surface area contributed by atoms with Gasteiger partial charge in [-0.3, -0.25) is 0 Å². The lowest BCUT2D eigenvalue weighted by atomic mass is 9.82. The first-order chi connectivity index (χ1) is 19.7. The molecule has 0 bridgehead atoms. The quantitative estimate of drug-likeness (QED) is 0.188. The topological polar surface area (TPSA) is 27.7 Å². The lowest BCUT2D eigenvalue weighted by Crippen LogP contribution is -1.98. The Kier molecular flexibility index (Phi) is 7.29. The van der Waals surface area contributed by atoms with Crippen molar-refractivity contribution in [2.75, 3.05) is 19.8 Å². The summed E-state index contributed by atoms with van der Waals surface area (Å²) in [5.74, 6) is 2.65. The molecule has 5 aromatic carbocycles. The first-order valence-electron chi connectivity index (χ1n) is 14.2. The molecule has 0 N–H and O–H groups in total. The van der Waals surface area contributed by atoms with Gasteiger partial charge in [0.15, 0.2) is 0 Å². The third kappa shape index (κ3) is 4.84. The molecule has 0 atom stereocenters. The summed E-state index contributed by atoms with van der Waals surface area (Å²) in [6.45, 7) is 7.98. The maximum atomic E-state index is 5.79. The van der Waals surface area contributed by atoms with Gasteiger partial charge in [0.1, 0.15) is 17.2 Å². The fraction of sp³-hybridized carbons (Fsp3) is 0.189. The molecule has 1 aliphatic carbocycles. The van der Waals surface area contributed by atoms with Crippen LogP contribution in [0.3, 0.4) is 0 Å². The van der Waals surface area contributed by atoms with E-state index in [0.717, 1.165) is 34.8 Å². The zero-order valence-electron chi connectivity index (χ0n) is 23.4. The summed E-state index contributed by atoms with van der Waals surface area (Å²) in [5, 5.41) is 0. The van der Waals surface area contributed by atoms with Gasteiger partial charge in [-0.15, -0.1) is 0 Å². The molecular weight excluding hydrogens is 492 g/mol. The smallest absolute Gasteiger partial charge is 0.119 e. The van der Waals surface area contributed by atoms with Crippen LogP contribution in [0.1, 0.15) is 31.9 Å². The molecule has 5 aromatic rings. The number of rotatable bonds is 9. The van der Waals surface area contributed by atoms with Crippen LogP contribution >= 0.6 is 0 Å². The van der Waals surface area contributed by atoms with E-state index in [0.29, 0.717) is 19.8 Å². The van der Waals surface area contributed by atoms with Crippen molar-refractivity contribution in [2.24, 2.45) is 0 Å². The van der Waals surface area contributed by atoms with E-state index in [1.54, 1.807) is 0 Å². The standard InChI is InChI=1S/C37H34O3/c1-4-38-29-17-11-25(12-18-29)33-24-34-32-10-8-7-9-28(32)23-35(34)37(27-15-21-31(22-16-27)40-6-3)36(33)26-13-19-30(20-14-26)39-5-2/h7-22,24H,4-6,23H2,1-3H3. The predicted octanol–water partition coefficient (Wildman–Crippen LogP) is 9.45. The molecule has 3 nitrogen and oxygen atoms in total. The Morgan fingerprint density at radius 2 is 0.950 bits per heavy atom. The minimum Gasteiger partial charge on any atom is -0.494 e. The molecule has 40 heavy (non-hydrogen) atoms. The minimum absolute atomic E-state index is 0.644. The highest BCUT2D eigenvalue weighted by Crippen LogP contribution is 2.50. The Bertz CT molecular complexity index is 1620. The number of hydrogen-bond donors (Lipinski definition) is 0. The van der Waals surface area contributed by atoms with Crippen molar-refractivity contribution in [3.05, 3.63) is 114 Å². The van der Waals surface area contributed by atoms with Gasteiger partial charge in [0.05, 0.1) is 19.8 Å². The van der Waals surface area contributed by atoms with Gasteiger partial charge in [-0.1, -0.05) is 60.7 Å². The Labute approximate surface area is 237 Å². The molecule has 0 aliphatic heterocycles. The van der Waals surface area contributed by atoms with Crippen LogP contribution in [0, 0.1) is 0 Å². The van der Waals surface area contributed by atoms with Crippen molar-refractivity contribution < 1.29 is 14.2 Å². The average Bonchev–Trinajstić information content (AvgIpc) is 3.36. The second-order valence-electron chi connectivity index (χ2n) is 9.91. The van der Waals surface area contributed by atoms with Crippen LogP contribution in [0.2, 0.25) is 0 Å². The van der Waals surface area contributed by atoms with Crippen molar-refractivity contribution in [3.63, 3.8) is 0 Å². The summed E-state index contributed by atoms with van der Waals surface area (Å²) < 4.78 is 17.3. The largest absolute Gasteiger partial charge is 0.494 e. The van der Waals surface area contributed by atoms with Gasteiger partial charge in [0, 0.05) is 0 Å². The van der Waals surface area contributed by atoms with Gasteiger partial charge in [0.25, 0.3) is 0 Å². The van der Waals surface area contributed by atoms with Crippen LogP contribution < -0.4 is 14.2 Å². The summed E-state index contributed by atoms with van der Waals surface area (Å²) in [7, 11) is 0. The molecule has 0 heterocycles. The lowest BCUT2D eigenvalue weighted by Gasteiger charge is -2.21. The molecule has 0 spiro atoms. The number of fused-ring (bicyclic) bond motifs is 3. The Morgan fingerprint density at radius 1 is 0.475 bits per heavy atom. The molecule has 6 rings (SSSR count). The summed E-state index contributed by atoms with van der Waals surface area (Å²) in [5.41, 5.74) is 12.5. The Hall–Kier alpha value is -4.50. The molecular formula is C37H34O3. The molecule has 0 saturated carbocycles. The second kappa shape index (κ2) is 11.3. The summed E-state index contributed by atoms with van der Waals surface area (Å²) >= 11 is 0. The molecule has 0 amide bonds. The van der Waals surface area contributed by atoms with Crippen molar-refractivity contribution >= 4 is 0 Å². The van der Waals surface area contributed by atoms with Crippen molar-refractivity contribution in [1.82, 2.24) is 0 Å². The van der Waals surface area contributed by atoms with Crippen LogP contribution in [0.4, 0.5) is 0 Å². The van der Waals surface area contributed by atoms with Crippen molar-refractivity contribution in [2.45, 2.75) is 27.2 Å². The highest BCUT2D eigenvalue weighted by Gasteiger charge is 2.27. The zero-order chi connectivity index (χ0) is 27.5. The van der Waals surface area contributed by atoms with Gasteiger partial charge in [-0.2, -0.15) is 0 Å². The molecule has 0 unspecified atom stereocenters. The van der Waals surface area contributed by atoms with E-state index < -0.39 is 0 Å². The van der Waals surface area contributed by atoms with Gasteiger partial charge < -0.3 is 14.2 Å². The third-order valence-electron chi connectivity index (χ3n) is 7.49. The van der Waals surface area contributed by atoms with E-state index in [-0.39, 0.29) is 0 Å². The molecule has 0 radical (unpaired) electrons. The van der Waals surface area contributed by atoms with E-state index >= 15 is 0 Å². The Balaban J connectivity index is 1.64. The van der Waals surface area contributed by atoms with Gasteiger partial charge >= 0.3 is 0 Å². The average molecular weight is 527 g/mol. The first-order valence-corrected chi connectivity index (χ1v) is 14.2. The monoisotopic (exact) mass is 526 g/mol. The van der Waals surface area contributed by atoms with Crippen LogP contribution in [0.25, 0.3) is 44.5 Å². The van der Waals surface area contributed by atoms with E-state index in [1.807, 2.05) is 20.8 Å². The summed E-state index contributed by atoms with van der Waals surface area (Å²) in [6, 6.07) is 36.7. The fourth-order valence-corrected chi connectivity index (χ4v) is 5.79. The second-order valence-corrected chi connectivity index (χ2v) is 9.91. The molecule has 0 aromatic heterocycles. The fourth-order valence-electron chi connectivity index (χ4n) is 5.79. The van der Waals surface area contributed by atoms with E-state index in [4.69, 9.17) is 14.2 Å². The lowest BCUT2D eigenvalue weighted by molar-refractivity contribution is 0.340. The van der Waals surface area contributed by atoms with Crippen LogP contribution in [0.15, 0.2) is 103 Å². The highest BCUT2D eigenvalue weighted by molar-refractivity contribution is 6.01. The number of benzene rings is 5. The number of hydrogen-bond acceptors (Lipinski definition) is 3. The van der Waals surface area contributed by atoms with Gasteiger partial charge in [-0.25, -0.2) is 0 Å². The van der Waals surface area contributed by atoms with Crippen molar-refractivity contribution in [1.29, 1.82) is 0 Å². The van der Waals surface area contributed by atoms with Crippen LogP contribution in [-0.2, 0) is 6.42 Å². The van der Waals surface area contributed by atoms with Crippen LogP contribution in [0.5, 0.6) is 17.2 Å². The van der Waals surface area contributed by atoms with E-state index in [2.05, 4.69) is 103 Å². The summed E-state index contributed by atoms with van der Waals surface area (Å²) in [6.07, 6.45) is 0.904. The molecule has 200 valence electrons. The highest BCUT2D eigenvalue weighted by atomic mass is 16.5. The van der Waals surface area contributed by atoms with Gasteiger partial charge in [0.2, 0.25) is 0 Å². The maximum Gasteiger partial charge on any atom is 0.119 e. The third-order valence-corrected chi connectivity index (χ3v) is 7.49. The zero-order valence-corrected chi connectivity index (χ0v) is 23.4. The molecule has 0 fully saturated rings. The maximum absolute atomic E-state index is 5.79.